The zero-order valence-electron chi connectivity index (χ0n) is 22.6. The predicted octanol–water partition coefficient (Wildman–Crippen LogP) is 5.35. The second kappa shape index (κ2) is 11.7. The summed E-state index contributed by atoms with van der Waals surface area (Å²) in [4.78, 5) is 44.2. The van der Waals surface area contributed by atoms with Crippen molar-refractivity contribution >= 4 is 34.2 Å². The zero-order valence-corrected chi connectivity index (χ0v) is 22.6. The molecule has 0 aromatic heterocycles. The monoisotopic (exact) mass is 537 g/mol. The lowest BCUT2D eigenvalue weighted by atomic mass is 10.0. The minimum Gasteiger partial charge on any atom is -0.354 e. The molecule has 1 N–H and O–H groups in total. The first-order valence-electron chi connectivity index (χ1n) is 13.5. The van der Waals surface area contributed by atoms with Crippen LogP contribution in [0.25, 0.3) is 10.8 Å². The van der Waals surface area contributed by atoms with E-state index >= 15 is 0 Å². The molecule has 1 atom stereocenters. The molecule has 0 spiro atoms. The van der Waals surface area contributed by atoms with E-state index in [1.165, 1.54) is 21.9 Å². The van der Waals surface area contributed by atoms with Crippen LogP contribution in [0.2, 0.25) is 0 Å². The molecule has 1 unspecified atom stereocenters. The average Bonchev–Trinajstić information content (AvgIpc) is 3.23. The van der Waals surface area contributed by atoms with Gasteiger partial charge < -0.3 is 10.2 Å². The van der Waals surface area contributed by atoms with Gasteiger partial charge >= 0.3 is 0 Å². The maximum Gasteiger partial charge on any atom is 0.259 e. The highest BCUT2D eigenvalue weighted by Gasteiger charge is 2.35. The second-order valence-corrected chi connectivity index (χ2v) is 10.6. The van der Waals surface area contributed by atoms with Crippen LogP contribution < -0.4 is 10.2 Å². The first kappa shape index (κ1) is 27.1. The molecule has 0 bridgehead atoms. The fraction of sp³-hybridized carbons (Fsp3) is 0.242. The van der Waals surface area contributed by atoms with Gasteiger partial charge in [-0.3, -0.25) is 19.3 Å². The molecule has 7 heteroatoms. The summed E-state index contributed by atoms with van der Waals surface area (Å²) in [5.41, 5.74) is 2.82. The summed E-state index contributed by atoms with van der Waals surface area (Å²) in [6, 6.07) is 25.8. The molecule has 0 radical (unpaired) electrons. The van der Waals surface area contributed by atoms with E-state index in [1.807, 2.05) is 74.5 Å². The molecule has 1 aliphatic heterocycles. The van der Waals surface area contributed by atoms with Crippen LogP contribution in [-0.4, -0.2) is 41.8 Å². The van der Waals surface area contributed by atoms with Crippen LogP contribution in [0.15, 0.2) is 91.0 Å². The van der Waals surface area contributed by atoms with Crippen molar-refractivity contribution in [3.05, 3.63) is 114 Å². The number of carbonyl (C=O) groups is 3. The summed E-state index contributed by atoms with van der Waals surface area (Å²) >= 11 is 0. The summed E-state index contributed by atoms with van der Waals surface area (Å²) < 4.78 is 13.7. The Hall–Kier alpha value is -4.52. The lowest BCUT2D eigenvalue weighted by Crippen LogP contribution is -2.53. The quantitative estimate of drug-likeness (QED) is 0.297. The van der Waals surface area contributed by atoms with Gasteiger partial charge in [-0.15, -0.1) is 0 Å². The smallest absolute Gasteiger partial charge is 0.259 e. The highest BCUT2D eigenvalue weighted by atomic mass is 19.1. The number of nitrogens with zero attached hydrogens (tertiary/aromatic N) is 2. The number of carbonyl (C=O) groups excluding carboxylic acids is 3. The molecule has 5 rings (SSSR count). The standard InChI is InChI=1S/C33H32FN3O3/c1-22(2)19-35-32(39)29(18-23-8-4-3-5-9-23)36(20-24-14-16-26(34)17-15-24)30(38)21-37-28-13-7-11-25-10-6-12-27(31(25)28)33(37)40/h3-17,22,29H,18-21H2,1-2H3,(H,35,39). The molecule has 40 heavy (non-hydrogen) atoms. The van der Waals surface area contributed by atoms with Crippen LogP contribution >= 0.6 is 0 Å². The van der Waals surface area contributed by atoms with Crippen LogP contribution in [0.3, 0.4) is 0 Å². The highest BCUT2D eigenvalue weighted by molar-refractivity contribution is 6.26. The molecular formula is C33H32FN3O3. The van der Waals surface area contributed by atoms with Gasteiger partial charge in [0.25, 0.3) is 5.91 Å². The summed E-state index contributed by atoms with van der Waals surface area (Å²) in [5.74, 6) is -1.05. The van der Waals surface area contributed by atoms with E-state index in [4.69, 9.17) is 0 Å². The fourth-order valence-corrected chi connectivity index (χ4v) is 5.13. The Bertz CT molecular complexity index is 1530. The fourth-order valence-electron chi connectivity index (χ4n) is 5.13. The van der Waals surface area contributed by atoms with E-state index in [0.717, 1.165) is 16.3 Å². The Morgan fingerprint density at radius 1 is 0.875 bits per heavy atom. The summed E-state index contributed by atoms with van der Waals surface area (Å²) in [6.45, 7) is 4.34. The van der Waals surface area contributed by atoms with E-state index in [1.54, 1.807) is 18.2 Å². The van der Waals surface area contributed by atoms with Gasteiger partial charge in [0.1, 0.15) is 18.4 Å². The predicted molar refractivity (Wildman–Crippen MR) is 154 cm³/mol. The third-order valence-electron chi connectivity index (χ3n) is 7.16. The molecule has 0 aliphatic carbocycles. The van der Waals surface area contributed by atoms with E-state index in [-0.39, 0.29) is 42.5 Å². The van der Waals surface area contributed by atoms with Crippen molar-refractivity contribution in [2.24, 2.45) is 5.92 Å². The average molecular weight is 538 g/mol. The maximum atomic E-state index is 14.1. The third-order valence-corrected chi connectivity index (χ3v) is 7.16. The Kier molecular flexibility index (Phi) is 7.91. The lowest BCUT2D eigenvalue weighted by Gasteiger charge is -2.33. The minimum atomic E-state index is -0.838. The van der Waals surface area contributed by atoms with Gasteiger partial charge in [0.2, 0.25) is 11.8 Å². The number of hydrogen-bond acceptors (Lipinski definition) is 3. The van der Waals surface area contributed by atoms with Gasteiger partial charge in [-0.05, 0) is 46.7 Å². The normalized spacial score (nSPS) is 13.1. The maximum absolute atomic E-state index is 14.1. The minimum absolute atomic E-state index is 0.0882. The van der Waals surface area contributed by atoms with E-state index in [0.29, 0.717) is 29.8 Å². The molecule has 0 saturated heterocycles. The molecule has 1 heterocycles. The van der Waals surface area contributed by atoms with E-state index in [9.17, 15) is 18.8 Å². The molecule has 0 fully saturated rings. The number of rotatable bonds is 10. The van der Waals surface area contributed by atoms with Crippen LogP contribution in [0.5, 0.6) is 0 Å². The van der Waals surface area contributed by atoms with Crippen molar-refractivity contribution in [1.82, 2.24) is 10.2 Å². The van der Waals surface area contributed by atoms with Gasteiger partial charge in [-0.1, -0.05) is 80.6 Å². The van der Waals surface area contributed by atoms with Gasteiger partial charge in [-0.25, -0.2) is 4.39 Å². The topological polar surface area (TPSA) is 69.7 Å². The summed E-state index contributed by atoms with van der Waals surface area (Å²) in [7, 11) is 0. The number of nitrogens with one attached hydrogen (secondary N) is 1. The first-order chi connectivity index (χ1) is 19.3. The number of benzene rings is 4. The molecule has 204 valence electrons. The van der Waals surface area contributed by atoms with Crippen molar-refractivity contribution in [3.8, 4) is 0 Å². The van der Waals surface area contributed by atoms with Crippen molar-refractivity contribution in [2.45, 2.75) is 32.9 Å². The third kappa shape index (κ3) is 5.73. The molecule has 0 saturated carbocycles. The molecule has 6 nitrogen and oxygen atoms in total. The molecule has 3 amide bonds. The number of anilines is 1. The molecule has 4 aromatic rings. The zero-order chi connectivity index (χ0) is 28.2. The number of halogens is 1. The van der Waals surface area contributed by atoms with Crippen LogP contribution in [-0.2, 0) is 22.6 Å². The van der Waals surface area contributed by atoms with Gasteiger partial charge in [0.15, 0.2) is 0 Å². The molecular weight excluding hydrogens is 505 g/mol. The van der Waals surface area contributed by atoms with Gasteiger partial charge in [-0.2, -0.15) is 0 Å². The van der Waals surface area contributed by atoms with Crippen molar-refractivity contribution in [3.63, 3.8) is 0 Å². The number of hydrogen-bond donors (Lipinski definition) is 1. The van der Waals surface area contributed by atoms with Crippen molar-refractivity contribution in [2.75, 3.05) is 18.0 Å². The van der Waals surface area contributed by atoms with E-state index in [2.05, 4.69) is 5.32 Å². The largest absolute Gasteiger partial charge is 0.354 e. The first-order valence-corrected chi connectivity index (χ1v) is 13.5. The summed E-state index contributed by atoms with van der Waals surface area (Å²) in [5, 5.41) is 4.74. The van der Waals surface area contributed by atoms with Crippen molar-refractivity contribution < 1.29 is 18.8 Å². The molecule has 1 aliphatic rings. The van der Waals surface area contributed by atoms with Gasteiger partial charge in [0, 0.05) is 30.5 Å². The number of amides is 3. The Morgan fingerprint density at radius 3 is 2.27 bits per heavy atom. The van der Waals surface area contributed by atoms with Crippen LogP contribution in [0.1, 0.15) is 35.3 Å². The van der Waals surface area contributed by atoms with Crippen LogP contribution in [0.4, 0.5) is 10.1 Å². The Balaban J connectivity index is 1.50. The van der Waals surface area contributed by atoms with Gasteiger partial charge in [0.05, 0.1) is 5.69 Å². The molecule has 4 aromatic carbocycles. The SMILES string of the molecule is CC(C)CNC(=O)C(Cc1ccccc1)N(Cc1ccc(F)cc1)C(=O)CN1C(=O)c2cccc3cccc1c23. The second-order valence-electron chi connectivity index (χ2n) is 10.6. The summed E-state index contributed by atoms with van der Waals surface area (Å²) in [6.07, 6.45) is 0.293. The highest BCUT2D eigenvalue weighted by Crippen LogP contribution is 2.37. The Labute approximate surface area is 233 Å². The van der Waals surface area contributed by atoms with Crippen LogP contribution in [0, 0.1) is 11.7 Å². The Morgan fingerprint density at radius 2 is 1.57 bits per heavy atom. The van der Waals surface area contributed by atoms with Crippen molar-refractivity contribution in [1.29, 1.82) is 0 Å². The lowest BCUT2D eigenvalue weighted by molar-refractivity contribution is -0.140. The van der Waals surface area contributed by atoms with E-state index < -0.39 is 6.04 Å².